The van der Waals surface area contributed by atoms with Crippen molar-refractivity contribution in [2.24, 2.45) is 16.5 Å². The van der Waals surface area contributed by atoms with Crippen LogP contribution in [0.1, 0.15) is 39.0 Å². The van der Waals surface area contributed by atoms with E-state index in [1.807, 2.05) is 0 Å². The van der Waals surface area contributed by atoms with Crippen molar-refractivity contribution in [3.8, 4) is 0 Å². The average Bonchev–Trinajstić information content (AvgIpc) is 2.89. The fourth-order valence-corrected chi connectivity index (χ4v) is 3.61. The summed E-state index contributed by atoms with van der Waals surface area (Å²) in [5.74, 6) is -0.262. The lowest BCUT2D eigenvalue weighted by molar-refractivity contribution is -0.123. The first-order chi connectivity index (χ1) is 18.4. The van der Waals surface area contributed by atoms with Gasteiger partial charge in [0.05, 0.1) is 17.2 Å². The van der Waals surface area contributed by atoms with Crippen LogP contribution in [0.3, 0.4) is 0 Å². The molecular weight excluding hydrogens is 508 g/mol. The Morgan fingerprint density at radius 3 is 1.87 bits per heavy atom. The number of carbonyl (C=O) groups is 3. The van der Waals surface area contributed by atoms with Crippen molar-refractivity contribution in [2.45, 2.75) is 44.6 Å². The number of carbonyl (C=O) groups excluding carboxylic acids is 3. The molecule has 38 heavy (non-hydrogen) atoms. The van der Waals surface area contributed by atoms with Gasteiger partial charge < -0.3 is 48.7 Å². The van der Waals surface area contributed by atoms with Gasteiger partial charge in [-0.05, 0) is 44.6 Å². The predicted molar refractivity (Wildman–Crippen MR) is 155 cm³/mol. The topological polar surface area (TPSA) is 200 Å². The highest BCUT2D eigenvalue weighted by molar-refractivity contribution is 7.78. The van der Waals surface area contributed by atoms with Crippen LogP contribution < -0.4 is 48.7 Å². The fraction of sp³-hybridized carbons (Fsp3) is 0.833. The molecule has 1 atom stereocenters. The van der Waals surface area contributed by atoms with E-state index in [2.05, 4.69) is 59.6 Å². The summed E-state index contributed by atoms with van der Waals surface area (Å²) < 4.78 is 0. The van der Waals surface area contributed by atoms with Crippen molar-refractivity contribution < 1.29 is 14.4 Å². The van der Waals surface area contributed by atoms with Gasteiger partial charge in [-0.3, -0.25) is 14.4 Å². The van der Waals surface area contributed by atoms with E-state index in [4.69, 9.17) is 11.5 Å². The van der Waals surface area contributed by atoms with E-state index in [-0.39, 0.29) is 17.7 Å². The van der Waals surface area contributed by atoms with Gasteiger partial charge in [0.25, 0.3) is 0 Å². The molecule has 220 valence electrons. The first kappa shape index (κ1) is 36.0. The van der Waals surface area contributed by atoms with E-state index < -0.39 is 5.54 Å². The van der Waals surface area contributed by atoms with Gasteiger partial charge in [0.1, 0.15) is 0 Å². The monoisotopic (exact) mass is 558 g/mol. The van der Waals surface area contributed by atoms with Gasteiger partial charge in [-0.2, -0.15) is 0 Å². The molecule has 0 spiro atoms. The van der Waals surface area contributed by atoms with Crippen molar-refractivity contribution in [3.63, 3.8) is 0 Å². The van der Waals surface area contributed by atoms with E-state index >= 15 is 0 Å². The number of isothiocyanates is 1. The molecule has 0 aromatic rings. The second kappa shape index (κ2) is 25.3. The van der Waals surface area contributed by atoms with Crippen LogP contribution in [-0.4, -0.2) is 114 Å². The molecule has 0 aliphatic rings. The van der Waals surface area contributed by atoms with Crippen LogP contribution in [0.25, 0.3) is 0 Å². The standard InChI is InChI=1S/C24H50N10O3S/c1-21(35)34-24(17-26,18-29-13-11-27-8-3-7-25)19-30-14-12-28-15-16-33-23(37)6-2-5-22(36)32-10-4-9-31-20-38/h27-30H,2-19,25-26H2,1H3,(H,32,36)(H,33,37)(H,34,35)/t24-/m1/s1. The minimum absolute atomic E-state index is 0.0680. The normalized spacial score (nSPS) is 12.3. The first-order valence-electron chi connectivity index (χ1n) is 13.5. The molecule has 0 aliphatic carbocycles. The third-order valence-electron chi connectivity index (χ3n) is 5.54. The Morgan fingerprint density at radius 2 is 1.32 bits per heavy atom. The molecule has 0 aliphatic heterocycles. The smallest absolute Gasteiger partial charge is 0.220 e. The van der Waals surface area contributed by atoms with E-state index in [0.29, 0.717) is 91.1 Å². The highest BCUT2D eigenvalue weighted by Crippen LogP contribution is 2.00. The Balaban J connectivity index is 3.92. The highest BCUT2D eigenvalue weighted by Gasteiger charge is 2.28. The van der Waals surface area contributed by atoms with E-state index in [9.17, 15) is 14.4 Å². The molecule has 0 rings (SSSR count). The summed E-state index contributed by atoms with van der Waals surface area (Å²) in [5, 5.41) is 24.2. The number of nitrogens with zero attached hydrogens (tertiary/aromatic N) is 1. The molecule has 0 saturated heterocycles. The zero-order valence-electron chi connectivity index (χ0n) is 23.0. The van der Waals surface area contributed by atoms with Crippen LogP contribution in [-0.2, 0) is 14.4 Å². The van der Waals surface area contributed by atoms with Crippen molar-refractivity contribution in [1.82, 2.24) is 37.2 Å². The number of aliphatic imine (C=N–C) groups is 1. The largest absolute Gasteiger partial charge is 0.356 e. The van der Waals surface area contributed by atoms with Crippen LogP contribution in [0.5, 0.6) is 0 Å². The third-order valence-corrected chi connectivity index (χ3v) is 5.67. The molecule has 14 heteroatoms. The molecule has 0 unspecified atom stereocenters. The second-order valence-corrected chi connectivity index (χ2v) is 9.22. The summed E-state index contributed by atoms with van der Waals surface area (Å²) in [6.45, 7) is 9.62. The van der Waals surface area contributed by atoms with Crippen LogP contribution in [0, 0.1) is 0 Å². The minimum Gasteiger partial charge on any atom is -0.356 e. The van der Waals surface area contributed by atoms with Crippen molar-refractivity contribution >= 4 is 35.1 Å². The Morgan fingerprint density at radius 1 is 0.763 bits per heavy atom. The minimum atomic E-state index is -0.577. The van der Waals surface area contributed by atoms with Gasteiger partial charge in [0, 0.05) is 85.2 Å². The molecule has 0 bridgehead atoms. The molecule has 11 N–H and O–H groups in total. The maximum absolute atomic E-state index is 11.9. The van der Waals surface area contributed by atoms with Crippen molar-refractivity contribution in [2.75, 3.05) is 85.1 Å². The molecule has 3 amide bonds. The number of hydrogen-bond donors (Lipinski definition) is 9. The van der Waals surface area contributed by atoms with Crippen LogP contribution in [0.4, 0.5) is 0 Å². The van der Waals surface area contributed by atoms with Gasteiger partial charge in [0.15, 0.2) is 0 Å². The van der Waals surface area contributed by atoms with Crippen molar-refractivity contribution in [3.05, 3.63) is 0 Å². The van der Waals surface area contributed by atoms with Gasteiger partial charge >= 0.3 is 0 Å². The van der Waals surface area contributed by atoms with E-state index in [0.717, 1.165) is 26.1 Å². The predicted octanol–water partition coefficient (Wildman–Crippen LogP) is -2.58. The lowest BCUT2D eigenvalue weighted by Crippen LogP contribution is -2.64. The van der Waals surface area contributed by atoms with Gasteiger partial charge in [-0.1, -0.05) is 0 Å². The molecular formula is C24H50N10O3S. The summed E-state index contributed by atoms with van der Waals surface area (Å²) in [4.78, 5) is 39.2. The zero-order chi connectivity index (χ0) is 28.3. The molecule has 0 aromatic heterocycles. The van der Waals surface area contributed by atoms with Gasteiger partial charge in [-0.15, -0.1) is 0 Å². The summed E-state index contributed by atoms with van der Waals surface area (Å²) in [7, 11) is 0. The average molecular weight is 559 g/mol. The first-order valence-corrected chi connectivity index (χ1v) is 13.9. The fourth-order valence-electron chi connectivity index (χ4n) is 3.51. The number of thiocarbonyl (C=S) groups is 1. The summed E-state index contributed by atoms with van der Waals surface area (Å²) in [6.07, 6.45) is 2.79. The zero-order valence-corrected chi connectivity index (χ0v) is 23.8. The van der Waals surface area contributed by atoms with E-state index in [1.54, 1.807) is 0 Å². The number of rotatable bonds is 26. The Labute approximate surface area is 232 Å². The Kier molecular flexibility index (Phi) is 23.9. The van der Waals surface area contributed by atoms with Crippen LogP contribution in [0.2, 0.25) is 0 Å². The van der Waals surface area contributed by atoms with Crippen LogP contribution in [0.15, 0.2) is 4.99 Å². The van der Waals surface area contributed by atoms with Crippen molar-refractivity contribution in [1.29, 1.82) is 0 Å². The number of amides is 3. The highest BCUT2D eigenvalue weighted by atomic mass is 32.1. The van der Waals surface area contributed by atoms with E-state index in [1.165, 1.54) is 6.92 Å². The SMILES string of the molecule is CC(=O)N[C@](CN)(CNCCNCCCN)CNCCNCCNC(=O)CCCC(=O)NCCCN=C=S. The molecule has 13 nitrogen and oxygen atoms in total. The molecule has 0 aromatic carbocycles. The lowest BCUT2D eigenvalue weighted by atomic mass is 9.99. The number of nitrogens with one attached hydrogen (secondary N) is 7. The van der Waals surface area contributed by atoms with Gasteiger partial charge in [0.2, 0.25) is 17.7 Å². The molecule has 0 heterocycles. The number of hydrogen-bond acceptors (Lipinski definition) is 11. The molecule has 0 saturated carbocycles. The van der Waals surface area contributed by atoms with Gasteiger partial charge in [-0.25, -0.2) is 4.99 Å². The molecule has 0 radical (unpaired) electrons. The second-order valence-electron chi connectivity index (χ2n) is 9.04. The third kappa shape index (κ3) is 22.0. The Hall–Kier alpha value is -2.03. The maximum atomic E-state index is 11.9. The van der Waals surface area contributed by atoms with Crippen LogP contribution >= 0.6 is 12.2 Å². The number of nitrogens with two attached hydrogens (primary N) is 2. The summed E-state index contributed by atoms with van der Waals surface area (Å²) in [5.41, 5.74) is 10.9. The Bertz CT molecular complexity index is 694. The quantitative estimate of drug-likeness (QED) is 0.0309. The summed E-state index contributed by atoms with van der Waals surface area (Å²) in [6, 6.07) is 0. The molecule has 0 fully saturated rings. The summed E-state index contributed by atoms with van der Waals surface area (Å²) >= 11 is 4.48. The maximum Gasteiger partial charge on any atom is 0.220 e. The lowest BCUT2D eigenvalue weighted by Gasteiger charge is -2.34.